The normalized spacial score (nSPS) is 9.64. The van der Waals surface area contributed by atoms with E-state index >= 15 is 0 Å². The molecule has 1 nitrogen and oxygen atoms in total. The lowest BCUT2D eigenvalue weighted by molar-refractivity contribution is -0.116. The summed E-state index contributed by atoms with van der Waals surface area (Å²) in [5, 5.41) is 1.11. The van der Waals surface area contributed by atoms with E-state index in [0.29, 0.717) is 6.42 Å². The number of carbonyl (C=O) groups is 1. The summed E-state index contributed by atoms with van der Waals surface area (Å²) in [6.07, 6.45) is 0.541. The molecule has 0 saturated carbocycles. The van der Waals surface area contributed by atoms with Gasteiger partial charge in [-0.05, 0) is 17.8 Å². The van der Waals surface area contributed by atoms with Gasteiger partial charge in [0, 0.05) is 6.42 Å². The first-order valence-electron chi connectivity index (χ1n) is 3.53. The van der Waals surface area contributed by atoms with Gasteiger partial charge in [0.05, 0.1) is 0 Å². The molecule has 1 aromatic rings. The van der Waals surface area contributed by atoms with E-state index in [4.69, 9.17) is 0 Å². The molecule has 0 aliphatic rings. The highest BCUT2D eigenvalue weighted by atomic mass is 31.0. The lowest BCUT2D eigenvalue weighted by atomic mass is 10.1. The number of benzene rings is 1. The van der Waals surface area contributed by atoms with Crippen LogP contribution in [0.3, 0.4) is 0 Å². The second kappa shape index (κ2) is 3.64. The number of carbonyl (C=O) groups excluding carboxylic acids is 1. The first kappa shape index (κ1) is 8.42. The van der Waals surface area contributed by atoms with Gasteiger partial charge in [0.25, 0.3) is 0 Å². The molecule has 0 N–H and O–H groups in total. The summed E-state index contributed by atoms with van der Waals surface area (Å²) in [6.45, 7) is 1.61. The lowest BCUT2D eigenvalue weighted by Gasteiger charge is -2.00. The quantitative estimate of drug-likeness (QED) is 0.605. The van der Waals surface area contributed by atoms with Gasteiger partial charge in [-0.25, -0.2) is 0 Å². The van der Waals surface area contributed by atoms with Crippen LogP contribution in [0, 0.1) is 0 Å². The highest BCUT2D eigenvalue weighted by Crippen LogP contribution is 2.01. The summed E-state index contributed by atoms with van der Waals surface area (Å²) in [4.78, 5) is 10.8. The highest BCUT2D eigenvalue weighted by Gasteiger charge is 1.98. The van der Waals surface area contributed by atoms with Crippen molar-refractivity contribution in [3.8, 4) is 0 Å². The monoisotopic (exact) mass is 166 g/mol. The number of hydrogen-bond donors (Lipinski definition) is 0. The predicted molar refractivity (Wildman–Crippen MR) is 50.2 cm³/mol. The Balaban J connectivity index is 2.86. The largest absolute Gasteiger partial charge is 0.300 e. The SMILES string of the molecule is CC(=O)Cc1ccccc1P. The molecular weight excluding hydrogens is 155 g/mol. The molecule has 0 aromatic heterocycles. The molecule has 0 bridgehead atoms. The Morgan fingerprint density at radius 1 is 1.45 bits per heavy atom. The summed E-state index contributed by atoms with van der Waals surface area (Å²) < 4.78 is 0. The summed E-state index contributed by atoms with van der Waals surface area (Å²) in [5.74, 6) is 0.208. The molecule has 0 spiro atoms. The molecule has 58 valence electrons. The molecule has 0 amide bonds. The molecule has 0 saturated heterocycles. The number of hydrogen-bond acceptors (Lipinski definition) is 1. The standard InChI is InChI=1S/C9H11OP/c1-7(10)6-8-4-2-3-5-9(8)11/h2-5H,6,11H2,1H3. The third-order valence-electron chi connectivity index (χ3n) is 1.49. The van der Waals surface area contributed by atoms with Crippen LogP contribution >= 0.6 is 9.24 Å². The minimum atomic E-state index is 0.208. The average Bonchev–Trinajstić information content (AvgIpc) is 1.93. The van der Waals surface area contributed by atoms with Crippen molar-refractivity contribution in [2.24, 2.45) is 0 Å². The number of rotatable bonds is 2. The van der Waals surface area contributed by atoms with Gasteiger partial charge < -0.3 is 0 Å². The zero-order valence-electron chi connectivity index (χ0n) is 6.50. The fraction of sp³-hybridized carbons (Fsp3) is 0.222. The van der Waals surface area contributed by atoms with E-state index in [0.717, 1.165) is 10.9 Å². The molecule has 0 aliphatic carbocycles. The Morgan fingerprint density at radius 3 is 2.64 bits per heavy atom. The van der Waals surface area contributed by atoms with E-state index in [-0.39, 0.29) is 5.78 Å². The molecule has 1 aromatic carbocycles. The molecule has 0 fully saturated rings. The number of ketones is 1. The van der Waals surface area contributed by atoms with Gasteiger partial charge in [-0.1, -0.05) is 24.3 Å². The van der Waals surface area contributed by atoms with Crippen LogP contribution in [0.4, 0.5) is 0 Å². The van der Waals surface area contributed by atoms with Crippen LogP contribution in [0.1, 0.15) is 12.5 Å². The molecule has 1 rings (SSSR count). The van der Waals surface area contributed by atoms with Crippen LogP contribution < -0.4 is 5.30 Å². The Morgan fingerprint density at radius 2 is 2.09 bits per heavy atom. The highest BCUT2D eigenvalue weighted by molar-refractivity contribution is 7.27. The zero-order chi connectivity index (χ0) is 8.27. The Hall–Kier alpha value is -0.680. The van der Waals surface area contributed by atoms with Crippen molar-refractivity contribution in [1.82, 2.24) is 0 Å². The molecule has 0 aliphatic heterocycles. The molecule has 1 atom stereocenters. The van der Waals surface area contributed by atoms with Crippen LogP contribution in [0.25, 0.3) is 0 Å². The fourth-order valence-electron chi connectivity index (χ4n) is 0.963. The van der Waals surface area contributed by atoms with Gasteiger partial charge in [-0.15, -0.1) is 9.24 Å². The Kier molecular flexibility index (Phi) is 2.78. The van der Waals surface area contributed by atoms with Crippen LogP contribution in [-0.2, 0) is 11.2 Å². The van der Waals surface area contributed by atoms with Crippen molar-refractivity contribution in [3.63, 3.8) is 0 Å². The molecule has 1 unspecified atom stereocenters. The van der Waals surface area contributed by atoms with E-state index in [9.17, 15) is 4.79 Å². The van der Waals surface area contributed by atoms with E-state index in [1.54, 1.807) is 6.92 Å². The predicted octanol–water partition coefficient (Wildman–Crippen LogP) is 1.32. The van der Waals surface area contributed by atoms with Gasteiger partial charge in [-0.3, -0.25) is 4.79 Å². The second-order valence-electron chi connectivity index (χ2n) is 2.58. The van der Waals surface area contributed by atoms with Crippen LogP contribution in [0.5, 0.6) is 0 Å². The van der Waals surface area contributed by atoms with Gasteiger partial charge in [0.15, 0.2) is 0 Å². The summed E-state index contributed by atoms with van der Waals surface area (Å²) in [7, 11) is 2.62. The molecule has 0 radical (unpaired) electrons. The maximum absolute atomic E-state index is 10.8. The maximum Gasteiger partial charge on any atom is 0.134 e. The zero-order valence-corrected chi connectivity index (χ0v) is 7.66. The number of Topliss-reactive ketones (excluding diaryl/α,β-unsaturated/α-hetero) is 1. The minimum absolute atomic E-state index is 0.208. The van der Waals surface area contributed by atoms with Crippen molar-refractivity contribution < 1.29 is 4.79 Å². The first-order valence-corrected chi connectivity index (χ1v) is 4.10. The van der Waals surface area contributed by atoms with Crippen LogP contribution in [0.2, 0.25) is 0 Å². The summed E-state index contributed by atoms with van der Waals surface area (Å²) in [6, 6.07) is 7.88. The second-order valence-corrected chi connectivity index (χ2v) is 3.20. The third-order valence-corrected chi connectivity index (χ3v) is 2.06. The molecule has 0 heterocycles. The van der Waals surface area contributed by atoms with Crippen molar-refractivity contribution in [2.75, 3.05) is 0 Å². The topological polar surface area (TPSA) is 17.1 Å². The average molecular weight is 166 g/mol. The summed E-state index contributed by atoms with van der Waals surface area (Å²) in [5.41, 5.74) is 1.10. The summed E-state index contributed by atoms with van der Waals surface area (Å²) >= 11 is 0. The Bertz CT molecular complexity index is 268. The fourth-order valence-corrected chi connectivity index (χ4v) is 1.27. The van der Waals surface area contributed by atoms with E-state index in [1.807, 2.05) is 24.3 Å². The Labute approximate surface area is 69.0 Å². The smallest absolute Gasteiger partial charge is 0.134 e. The van der Waals surface area contributed by atoms with Gasteiger partial charge in [0.1, 0.15) is 5.78 Å². The molecule has 11 heavy (non-hydrogen) atoms. The molecule has 2 heteroatoms. The van der Waals surface area contributed by atoms with E-state index in [1.165, 1.54) is 0 Å². The van der Waals surface area contributed by atoms with E-state index < -0.39 is 0 Å². The van der Waals surface area contributed by atoms with Crippen LogP contribution in [0.15, 0.2) is 24.3 Å². The van der Waals surface area contributed by atoms with Gasteiger partial charge in [-0.2, -0.15) is 0 Å². The maximum atomic E-state index is 10.8. The van der Waals surface area contributed by atoms with Crippen molar-refractivity contribution in [3.05, 3.63) is 29.8 Å². The van der Waals surface area contributed by atoms with Gasteiger partial charge in [0.2, 0.25) is 0 Å². The van der Waals surface area contributed by atoms with E-state index in [2.05, 4.69) is 9.24 Å². The van der Waals surface area contributed by atoms with Crippen molar-refractivity contribution in [2.45, 2.75) is 13.3 Å². The molecular formula is C9H11OP. The minimum Gasteiger partial charge on any atom is -0.300 e. The van der Waals surface area contributed by atoms with Crippen LogP contribution in [-0.4, -0.2) is 5.78 Å². The first-order chi connectivity index (χ1) is 5.20. The van der Waals surface area contributed by atoms with Gasteiger partial charge >= 0.3 is 0 Å². The lowest BCUT2D eigenvalue weighted by Crippen LogP contribution is -2.05. The van der Waals surface area contributed by atoms with Crippen molar-refractivity contribution >= 4 is 20.3 Å². The van der Waals surface area contributed by atoms with Crippen molar-refractivity contribution in [1.29, 1.82) is 0 Å². The third kappa shape index (κ3) is 2.44.